The number of benzene rings is 1. The van der Waals surface area contributed by atoms with Crippen molar-refractivity contribution >= 4 is 23.2 Å². The zero-order valence-electron chi connectivity index (χ0n) is 8.73. The minimum absolute atomic E-state index is 0.409. The van der Waals surface area contributed by atoms with Gasteiger partial charge in [0, 0.05) is 5.39 Å². The quantitative estimate of drug-likeness (QED) is 0.564. The Labute approximate surface area is 87.9 Å². The first kappa shape index (κ1) is 9.58. The lowest BCUT2D eigenvalue weighted by Gasteiger charge is -2.02. The average molecular weight is 200 g/mol. The van der Waals surface area contributed by atoms with Gasteiger partial charge in [0.1, 0.15) is 0 Å². The van der Waals surface area contributed by atoms with Crippen LogP contribution >= 0.6 is 0 Å². The summed E-state index contributed by atoms with van der Waals surface area (Å²) in [6.45, 7) is 3.99. The maximum atomic E-state index is 5.21. The Kier molecular flexibility index (Phi) is 2.33. The zero-order chi connectivity index (χ0) is 10.8. The summed E-state index contributed by atoms with van der Waals surface area (Å²) in [5.74, 6) is 0.409. The van der Waals surface area contributed by atoms with Crippen LogP contribution in [-0.2, 0) is 0 Å². The van der Waals surface area contributed by atoms with Gasteiger partial charge in [-0.25, -0.2) is 15.0 Å². The van der Waals surface area contributed by atoms with E-state index in [-0.39, 0.29) is 0 Å². The van der Waals surface area contributed by atoms with E-state index in [1.165, 1.54) is 11.9 Å². The number of hydrogen-bond donors (Lipinski definition) is 1. The molecule has 0 radical (unpaired) electrons. The number of aryl methyl sites for hydroxylation is 2. The summed E-state index contributed by atoms with van der Waals surface area (Å²) in [6, 6.07) is 6.06. The molecule has 0 aliphatic carbocycles. The van der Waals surface area contributed by atoms with Crippen molar-refractivity contribution in [2.45, 2.75) is 13.8 Å². The van der Waals surface area contributed by atoms with E-state index in [0.717, 1.165) is 16.6 Å². The van der Waals surface area contributed by atoms with Crippen LogP contribution in [0.4, 0.5) is 5.95 Å². The minimum atomic E-state index is 0.409. The molecule has 0 amide bonds. The lowest BCUT2D eigenvalue weighted by Crippen LogP contribution is -1.93. The summed E-state index contributed by atoms with van der Waals surface area (Å²) >= 11 is 0. The van der Waals surface area contributed by atoms with Crippen molar-refractivity contribution in [3.05, 3.63) is 29.5 Å². The molecule has 1 aromatic carbocycles. The Balaban J connectivity index is 2.72. The number of rotatable bonds is 1. The fourth-order valence-corrected chi connectivity index (χ4v) is 1.50. The molecule has 0 bridgehead atoms. The largest absolute Gasteiger partial charge is 0.390 e. The first-order chi connectivity index (χ1) is 7.20. The van der Waals surface area contributed by atoms with Crippen LogP contribution in [-0.4, -0.2) is 16.3 Å². The lowest BCUT2D eigenvalue weighted by atomic mass is 10.1. The highest BCUT2D eigenvalue weighted by atomic mass is 15.1. The number of hydrogen-bond acceptors (Lipinski definition) is 3. The van der Waals surface area contributed by atoms with Crippen LogP contribution in [0.5, 0.6) is 0 Å². The SMILES string of the molecule is Cc1ccc2nc(N=CN)nc(C)c2c1. The highest BCUT2D eigenvalue weighted by molar-refractivity contribution is 5.82. The molecule has 0 spiro atoms. The van der Waals surface area contributed by atoms with Gasteiger partial charge in [-0.15, -0.1) is 0 Å². The summed E-state index contributed by atoms with van der Waals surface area (Å²) in [5.41, 5.74) is 8.22. The molecule has 0 saturated carbocycles. The van der Waals surface area contributed by atoms with E-state index in [1.54, 1.807) is 0 Å². The lowest BCUT2D eigenvalue weighted by molar-refractivity contribution is 1.12. The Bertz CT molecular complexity index is 531. The highest BCUT2D eigenvalue weighted by Crippen LogP contribution is 2.19. The molecule has 0 aliphatic rings. The van der Waals surface area contributed by atoms with Gasteiger partial charge in [0.25, 0.3) is 5.95 Å². The molecule has 4 nitrogen and oxygen atoms in total. The van der Waals surface area contributed by atoms with Crippen molar-refractivity contribution in [3.8, 4) is 0 Å². The topological polar surface area (TPSA) is 64.2 Å². The van der Waals surface area contributed by atoms with E-state index < -0.39 is 0 Å². The van der Waals surface area contributed by atoms with E-state index >= 15 is 0 Å². The summed E-state index contributed by atoms with van der Waals surface area (Å²) in [4.78, 5) is 12.4. The number of aliphatic imine (C=N–C) groups is 1. The summed E-state index contributed by atoms with van der Waals surface area (Å²) in [6.07, 6.45) is 1.20. The van der Waals surface area contributed by atoms with Crippen molar-refractivity contribution in [1.82, 2.24) is 9.97 Å². The highest BCUT2D eigenvalue weighted by Gasteiger charge is 2.02. The number of nitrogens with two attached hydrogens (primary N) is 1. The maximum absolute atomic E-state index is 5.21. The molecule has 1 aromatic heterocycles. The van der Waals surface area contributed by atoms with Crippen LogP contribution in [0.1, 0.15) is 11.3 Å². The molecule has 76 valence electrons. The standard InChI is InChI=1S/C11H12N4/c1-7-3-4-10-9(5-7)8(2)14-11(15-10)13-6-12/h3-6H,1-2H3,(H2,12,13,14,15). The fourth-order valence-electron chi connectivity index (χ4n) is 1.50. The number of fused-ring (bicyclic) bond motifs is 1. The number of aromatic nitrogens is 2. The van der Waals surface area contributed by atoms with Gasteiger partial charge in [-0.05, 0) is 26.0 Å². The molecule has 15 heavy (non-hydrogen) atoms. The van der Waals surface area contributed by atoms with Crippen molar-refractivity contribution in [1.29, 1.82) is 0 Å². The second-order valence-electron chi connectivity index (χ2n) is 3.41. The van der Waals surface area contributed by atoms with Crippen LogP contribution in [0.25, 0.3) is 10.9 Å². The van der Waals surface area contributed by atoms with Crippen LogP contribution in [0.2, 0.25) is 0 Å². The van der Waals surface area contributed by atoms with Gasteiger partial charge < -0.3 is 5.73 Å². The van der Waals surface area contributed by atoms with Gasteiger partial charge in [0.05, 0.1) is 17.5 Å². The first-order valence-corrected chi connectivity index (χ1v) is 4.70. The fraction of sp³-hybridized carbons (Fsp3) is 0.182. The van der Waals surface area contributed by atoms with Crippen molar-refractivity contribution in [3.63, 3.8) is 0 Å². The molecule has 0 unspecified atom stereocenters. The molecular formula is C11H12N4. The zero-order valence-corrected chi connectivity index (χ0v) is 8.73. The van der Waals surface area contributed by atoms with Crippen LogP contribution in [0, 0.1) is 13.8 Å². The average Bonchev–Trinajstić information content (AvgIpc) is 2.20. The Morgan fingerprint density at radius 3 is 2.80 bits per heavy atom. The predicted molar refractivity (Wildman–Crippen MR) is 61.4 cm³/mol. The molecule has 0 fully saturated rings. The van der Waals surface area contributed by atoms with E-state index in [1.807, 2.05) is 26.0 Å². The Hall–Kier alpha value is -1.97. The van der Waals surface area contributed by atoms with Crippen molar-refractivity contribution in [2.24, 2.45) is 10.7 Å². The molecule has 4 heteroatoms. The van der Waals surface area contributed by atoms with Gasteiger partial charge in [-0.3, -0.25) is 0 Å². The first-order valence-electron chi connectivity index (χ1n) is 4.70. The van der Waals surface area contributed by atoms with E-state index in [0.29, 0.717) is 5.95 Å². The molecule has 1 heterocycles. The van der Waals surface area contributed by atoms with E-state index in [2.05, 4.69) is 21.0 Å². The third-order valence-electron chi connectivity index (χ3n) is 2.22. The minimum Gasteiger partial charge on any atom is -0.390 e. The smallest absolute Gasteiger partial charge is 0.251 e. The van der Waals surface area contributed by atoms with E-state index in [4.69, 9.17) is 5.73 Å². The second-order valence-corrected chi connectivity index (χ2v) is 3.41. The predicted octanol–water partition coefficient (Wildman–Crippen LogP) is 1.87. The molecule has 0 atom stereocenters. The molecule has 2 rings (SSSR count). The van der Waals surface area contributed by atoms with Crippen LogP contribution in [0.3, 0.4) is 0 Å². The normalized spacial score (nSPS) is 11.3. The summed E-state index contributed by atoms with van der Waals surface area (Å²) < 4.78 is 0. The Morgan fingerprint density at radius 1 is 1.27 bits per heavy atom. The third-order valence-corrected chi connectivity index (χ3v) is 2.22. The van der Waals surface area contributed by atoms with Gasteiger partial charge in [-0.1, -0.05) is 11.6 Å². The molecule has 2 aromatic rings. The molecule has 0 saturated heterocycles. The van der Waals surface area contributed by atoms with Crippen molar-refractivity contribution in [2.75, 3.05) is 0 Å². The maximum Gasteiger partial charge on any atom is 0.251 e. The van der Waals surface area contributed by atoms with Gasteiger partial charge in [-0.2, -0.15) is 0 Å². The molecular weight excluding hydrogens is 188 g/mol. The number of nitrogens with zero attached hydrogens (tertiary/aromatic N) is 3. The second kappa shape index (κ2) is 3.65. The summed E-state index contributed by atoms with van der Waals surface area (Å²) in [7, 11) is 0. The van der Waals surface area contributed by atoms with Crippen LogP contribution in [0.15, 0.2) is 23.2 Å². The molecule has 2 N–H and O–H groups in total. The van der Waals surface area contributed by atoms with Crippen LogP contribution < -0.4 is 5.73 Å². The third kappa shape index (κ3) is 1.79. The van der Waals surface area contributed by atoms with E-state index in [9.17, 15) is 0 Å². The van der Waals surface area contributed by atoms with Gasteiger partial charge >= 0.3 is 0 Å². The molecule has 0 aliphatic heterocycles. The Morgan fingerprint density at radius 2 is 2.07 bits per heavy atom. The van der Waals surface area contributed by atoms with Gasteiger partial charge in [0.2, 0.25) is 0 Å². The monoisotopic (exact) mass is 200 g/mol. The van der Waals surface area contributed by atoms with Gasteiger partial charge in [0.15, 0.2) is 0 Å². The van der Waals surface area contributed by atoms with Crippen molar-refractivity contribution < 1.29 is 0 Å². The summed E-state index contributed by atoms with van der Waals surface area (Å²) in [5, 5.41) is 1.06.